The van der Waals surface area contributed by atoms with Gasteiger partial charge < -0.3 is 14.4 Å². The Labute approximate surface area is 206 Å². The maximum atomic E-state index is 14.8. The van der Waals surface area contributed by atoms with E-state index in [4.69, 9.17) is 0 Å². The summed E-state index contributed by atoms with van der Waals surface area (Å²) in [5, 5.41) is 15.7. The summed E-state index contributed by atoms with van der Waals surface area (Å²) < 4.78 is 30.7. The third-order valence-corrected chi connectivity index (χ3v) is 6.25. The van der Waals surface area contributed by atoms with Crippen molar-refractivity contribution in [3.05, 3.63) is 89.5 Å². The highest BCUT2D eigenvalue weighted by molar-refractivity contribution is 8.00. The molecule has 0 bridgehead atoms. The predicted molar refractivity (Wildman–Crippen MR) is 140 cm³/mol. The van der Waals surface area contributed by atoms with E-state index in [1.165, 1.54) is 18.0 Å². The van der Waals surface area contributed by atoms with Crippen molar-refractivity contribution in [2.75, 3.05) is 17.9 Å². The number of rotatable bonds is 9. The smallest absolute Gasteiger partial charge is 0.147 e. The highest BCUT2D eigenvalue weighted by Crippen LogP contribution is 2.40. The van der Waals surface area contributed by atoms with E-state index in [-0.39, 0.29) is 17.5 Å². The molecule has 0 saturated heterocycles. The standard InChI is InChI=1S/C25H27F2N3OS.C2H6/c1-4-28-29(3)16-15-19-7-5-6-8-23(19)18(2)30(25-17-20(26)9-14-24(25)27)32-22-12-10-21(31)11-13-22;1-2/h4-14,17-18,31H,15-16H2,1-3H3;1-2H3/b28-4-;. The van der Waals surface area contributed by atoms with Gasteiger partial charge in [-0.05, 0) is 79.7 Å². The molecule has 3 aromatic carbocycles. The Balaban J connectivity index is 0.00000199. The fourth-order valence-electron chi connectivity index (χ4n) is 3.44. The zero-order valence-corrected chi connectivity index (χ0v) is 21.2. The summed E-state index contributed by atoms with van der Waals surface area (Å²) in [4.78, 5) is 0.799. The van der Waals surface area contributed by atoms with Gasteiger partial charge in [0.1, 0.15) is 17.4 Å². The van der Waals surface area contributed by atoms with Gasteiger partial charge in [0.05, 0.1) is 11.7 Å². The van der Waals surface area contributed by atoms with Crippen LogP contribution in [0.4, 0.5) is 14.5 Å². The number of hydrogen-bond acceptors (Lipinski definition) is 5. The summed E-state index contributed by atoms with van der Waals surface area (Å²) in [7, 11) is 1.92. The third-order valence-electron chi connectivity index (χ3n) is 5.06. The first kappa shape index (κ1) is 27.2. The number of hydrazone groups is 1. The molecule has 3 rings (SSSR count). The molecule has 34 heavy (non-hydrogen) atoms. The lowest BCUT2D eigenvalue weighted by Crippen LogP contribution is -2.23. The molecule has 0 radical (unpaired) electrons. The van der Waals surface area contributed by atoms with Gasteiger partial charge in [-0.3, -0.25) is 0 Å². The van der Waals surface area contributed by atoms with Crippen molar-refractivity contribution in [1.82, 2.24) is 5.01 Å². The molecule has 182 valence electrons. The van der Waals surface area contributed by atoms with Crippen LogP contribution in [0.3, 0.4) is 0 Å². The number of phenolic OH excluding ortho intramolecular Hbond substituents is 1. The van der Waals surface area contributed by atoms with Gasteiger partial charge in [0.2, 0.25) is 0 Å². The fraction of sp³-hybridized carbons (Fsp3) is 0.296. The monoisotopic (exact) mass is 485 g/mol. The zero-order chi connectivity index (χ0) is 25.1. The highest BCUT2D eigenvalue weighted by Gasteiger charge is 2.23. The van der Waals surface area contributed by atoms with E-state index in [2.05, 4.69) is 11.2 Å². The second-order valence-corrected chi connectivity index (χ2v) is 8.43. The number of anilines is 1. The summed E-state index contributed by atoms with van der Waals surface area (Å²) in [5.41, 5.74) is 2.31. The summed E-state index contributed by atoms with van der Waals surface area (Å²) in [6.07, 6.45) is 2.51. The molecule has 0 spiro atoms. The molecule has 0 aliphatic rings. The van der Waals surface area contributed by atoms with Gasteiger partial charge in [0, 0.05) is 30.8 Å². The van der Waals surface area contributed by atoms with Crippen molar-refractivity contribution < 1.29 is 13.9 Å². The minimum absolute atomic E-state index is 0.148. The van der Waals surface area contributed by atoms with E-state index in [1.54, 1.807) is 34.8 Å². The van der Waals surface area contributed by atoms with E-state index >= 15 is 0 Å². The first-order valence-corrected chi connectivity index (χ1v) is 12.1. The van der Waals surface area contributed by atoms with Crippen LogP contribution >= 0.6 is 11.9 Å². The van der Waals surface area contributed by atoms with E-state index in [1.807, 2.05) is 58.0 Å². The molecular weight excluding hydrogens is 452 g/mol. The normalized spacial score (nSPS) is 11.6. The van der Waals surface area contributed by atoms with Gasteiger partial charge in [-0.1, -0.05) is 38.1 Å². The minimum Gasteiger partial charge on any atom is -0.508 e. The Bertz CT molecular complexity index is 1060. The molecule has 3 aromatic rings. The summed E-state index contributed by atoms with van der Waals surface area (Å²) in [6, 6.07) is 17.9. The molecule has 0 aliphatic heterocycles. The molecule has 0 aliphatic carbocycles. The molecule has 7 heteroatoms. The van der Waals surface area contributed by atoms with E-state index in [0.717, 1.165) is 41.1 Å². The van der Waals surface area contributed by atoms with Crippen LogP contribution < -0.4 is 4.31 Å². The first-order valence-electron chi connectivity index (χ1n) is 11.4. The topological polar surface area (TPSA) is 39.1 Å². The lowest BCUT2D eigenvalue weighted by Gasteiger charge is -2.32. The number of nitrogens with zero attached hydrogens (tertiary/aromatic N) is 3. The SMILES string of the molecule is C/C=N\N(C)CCc1ccccc1C(C)N(Sc1ccc(O)cc1)c1cc(F)ccc1F.CC. The number of phenols is 1. The van der Waals surface area contributed by atoms with Crippen molar-refractivity contribution in [3.8, 4) is 5.75 Å². The van der Waals surface area contributed by atoms with Crippen molar-refractivity contribution in [2.24, 2.45) is 5.10 Å². The highest BCUT2D eigenvalue weighted by atomic mass is 32.2. The minimum atomic E-state index is -0.503. The van der Waals surface area contributed by atoms with Gasteiger partial charge in [-0.2, -0.15) is 5.10 Å². The lowest BCUT2D eigenvalue weighted by atomic mass is 9.98. The number of benzene rings is 3. The molecule has 0 amide bonds. The Hall–Kier alpha value is -3.06. The Morgan fingerprint density at radius 3 is 2.38 bits per heavy atom. The Kier molecular flexibility index (Phi) is 10.9. The summed E-state index contributed by atoms with van der Waals surface area (Å²) in [6.45, 7) is 8.58. The number of likely N-dealkylation sites (N-methyl/N-ethyl adjacent to an activating group) is 1. The van der Waals surface area contributed by atoms with Crippen LogP contribution in [0.5, 0.6) is 5.75 Å². The van der Waals surface area contributed by atoms with Gasteiger partial charge >= 0.3 is 0 Å². The molecule has 1 atom stereocenters. The maximum absolute atomic E-state index is 14.8. The van der Waals surface area contributed by atoms with Crippen LogP contribution in [0.2, 0.25) is 0 Å². The molecular formula is C27H33F2N3OS. The second kappa shape index (κ2) is 13.6. The van der Waals surface area contributed by atoms with Crippen molar-refractivity contribution in [3.63, 3.8) is 0 Å². The third kappa shape index (κ3) is 7.48. The number of halogens is 2. The van der Waals surface area contributed by atoms with E-state index < -0.39 is 11.6 Å². The van der Waals surface area contributed by atoms with Crippen LogP contribution in [0.15, 0.2) is 76.7 Å². The lowest BCUT2D eigenvalue weighted by molar-refractivity contribution is 0.360. The average Bonchev–Trinajstić information content (AvgIpc) is 2.85. The largest absolute Gasteiger partial charge is 0.508 e. The van der Waals surface area contributed by atoms with Crippen LogP contribution in [0, 0.1) is 11.6 Å². The van der Waals surface area contributed by atoms with Crippen LogP contribution in [-0.2, 0) is 6.42 Å². The van der Waals surface area contributed by atoms with E-state index in [0.29, 0.717) is 0 Å². The van der Waals surface area contributed by atoms with Crippen LogP contribution in [0.1, 0.15) is 44.9 Å². The Morgan fingerprint density at radius 2 is 1.71 bits per heavy atom. The van der Waals surface area contributed by atoms with Gasteiger partial charge in [0.25, 0.3) is 0 Å². The predicted octanol–water partition coefficient (Wildman–Crippen LogP) is 7.45. The van der Waals surface area contributed by atoms with E-state index in [9.17, 15) is 13.9 Å². The number of hydrogen-bond donors (Lipinski definition) is 1. The van der Waals surface area contributed by atoms with Crippen molar-refractivity contribution >= 4 is 23.8 Å². The molecule has 1 N–H and O–H groups in total. The van der Waals surface area contributed by atoms with Crippen molar-refractivity contribution in [1.29, 1.82) is 0 Å². The molecule has 0 heterocycles. The fourth-order valence-corrected chi connectivity index (χ4v) is 4.44. The molecule has 0 saturated carbocycles. The van der Waals surface area contributed by atoms with Gasteiger partial charge in [-0.25, -0.2) is 8.78 Å². The first-order chi connectivity index (χ1) is 16.4. The second-order valence-electron chi connectivity index (χ2n) is 7.39. The summed E-state index contributed by atoms with van der Waals surface area (Å²) >= 11 is 1.30. The van der Waals surface area contributed by atoms with Crippen LogP contribution in [0.25, 0.3) is 0 Å². The quantitative estimate of drug-likeness (QED) is 0.194. The van der Waals surface area contributed by atoms with Gasteiger partial charge in [0.15, 0.2) is 0 Å². The summed E-state index contributed by atoms with van der Waals surface area (Å²) in [5.74, 6) is -0.855. The maximum Gasteiger partial charge on any atom is 0.147 e. The zero-order valence-electron chi connectivity index (χ0n) is 20.4. The van der Waals surface area contributed by atoms with Crippen LogP contribution in [-0.4, -0.2) is 29.9 Å². The molecule has 1 unspecified atom stereocenters. The van der Waals surface area contributed by atoms with Gasteiger partial charge in [-0.15, -0.1) is 0 Å². The van der Waals surface area contributed by atoms with Crippen molar-refractivity contribution in [2.45, 2.75) is 45.1 Å². The molecule has 0 aromatic heterocycles. The average molecular weight is 486 g/mol. The molecule has 0 fully saturated rings. The molecule has 4 nitrogen and oxygen atoms in total. The Morgan fingerprint density at radius 1 is 1.03 bits per heavy atom. The number of aromatic hydroxyl groups is 1.